The Morgan fingerprint density at radius 3 is 2.25 bits per heavy atom. The molecule has 0 aromatic carbocycles. The van der Waals surface area contributed by atoms with Crippen molar-refractivity contribution in [2.75, 3.05) is 33.7 Å². The minimum Gasteiger partial charge on any atom is -0.477 e. The van der Waals surface area contributed by atoms with Crippen LogP contribution in [0.25, 0.3) is 0 Å². The maximum atomic E-state index is 12.5. The second-order valence-corrected chi connectivity index (χ2v) is 6.50. The fourth-order valence-corrected chi connectivity index (χ4v) is 2.57. The van der Waals surface area contributed by atoms with Crippen molar-refractivity contribution < 1.29 is 14.7 Å². The average molecular weight is 298 g/mol. The predicted octanol–water partition coefficient (Wildman–Crippen LogP) is 2.11. The van der Waals surface area contributed by atoms with Crippen LogP contribution in [0.4, 0.5) is 0 Å². The summed E-state index contributed by atoms with van der Waals surface area (Å²) in [6.45, 7) is 6.23. The second kappa shape index (κ2) is 7.40. The molecule has 0 unspecified atom stereocenters. The fraction of sp³-hybridized carbons (Fsp3) is 0.571. The number of carbonyl (C=O) groups is 2. The van der Waals surface area contributed by atoms with E-state index in [-0.39, 0.29) is 10.8 Å². The predicted molar refractivity (Wildman–Crippen MR) is 80.6 cm³/mol. The number of amides is 1. The van der Waals surface area contributed by atoms with Crippen LogP contribution in [0.5, 0.6) is 0 Å². The molecule has 0 aliphatic heterocycles. The van der Waals surface area contributed by atoms with Crippen molar-refractivity contribution in [1.82, 2.24) is 9.80 Å². The number of carboxylic acids is 1. The van der Waals surface area contributed by atoms with Gasteiger partial charge in [-0.1, -0.05) is 13.8 Å². The van der Waals surface area contributed by atoms with E-state index < -0.39 is 5.97 Å². The Bertz CT molecular complexity index is 469. The number of hydrogen-bond donors (Lipinski definition) is 1. The molecule has 0 atom stereocenters. The van der Waals surface area contributed by atoms with Gasteiger partial charge >= 0.3 is 5.97 Å². The van der Waals surface area contributed by atoms with Crippen LogP contribution in [-0.2, 0) is 0 Å². The lowest BCUT2D eigenvalue weighted by Crippen LogP contribution is -2.38. The van der Waals surface area contributed by atoms with Crippen molar-refractivity contribution in [1.29, 1.82) is 0 Å². The minimum atomic E-state index is -0.988. The number of likely N-dealkylation sites (N-methyl/N-ethyl adjacent to an activating group) is 1. The Morgan fingerprint density at radius 1 is 1.20 bits per heavy atom. The summed E-state index contributed by atoms with van der Waals surface area (Å²) in [5.41, 5.74) is 0. The van der Waals surface area contributed by atoms with E-state index in [1.807, 2.05) is 19.0 Å². The monoisotopic (exact) mass is 298 g/mol. The number of hydrogen-bond acceptors (Lipinski definition) is 4. The maximum Gasteiger partial charge on any atom is 0.345 e. The van der Waals surface area contributed by atoms with Gasteiger partial charge in [-0.3, -0.25) is 4.79 Å². The highest BCUT2D eigenvalue weighted by atomic mass is 32.1. The van der Waals surface area contributed by atoms with Crippen molar-refractivity contribution in [2.45, 2.75) is 13.8 Å². The topological polar surface area (TPSA) is 60.9 Å². The van der Waals surface area contributed by atoms with Crippen LogP contribution >= 0.6 is 11.3 Å². The van der Waals surface area contributed by atoms with Gasteiger partial charge in [0.25, 0.3) is 5.91 Å². The van der Waals surface area contributed by atoms with Crippen LogP contribution in [0.1, 0.15) is 33.2 Å². The first-order valence-corrected chi connectivity index (χ1v) is 7.40. The molecule has 0 aliphatic carbocycles. The first-order valence-electron chi connectivity index (χ1n) is 6.58. The van der Waals surface area contributed by atoms with Crippen LogP contribution in [0.2, 0.25) is 0 Å². The Balaban J connectivity index is 2.82. The quantitative estimate of drug-likeness (QED) is 0.837. The molecule has 0 fully saturated rings. The molecule has 1 N–H and O–H groups in total. The summed E-state index contributed by atoms with van der Waals surface area (Å²) in [5, 5.41) is 8.92. The van der Waals surface area contributed by atoms with Crippen LogP contribution in [-0.4, -0.2) is 60.5 Å². The number of carbonyl (C=O) groups excluding carboxylic acids is 1. The summed E-state index contributed by atoms with van der Waals surface area (Å²) in [4.78, 5) is 27.8. The largest absolute Gasteiger partial charge is 0.477 e. The number of nitrogens with zero attached hydrogens (tertiary/aromatic N) is 2. The van der Waals surface area contributed by atoms with E-state index in [4.69, 9.17) is 5.11 Å². The van der Waals surface area contributed by atoms with Gasteiger partial charge in [-0.2, -0.15) is 0 Å². The molecule has 5 nitrogen and oxygen atoms in total. The van der Waals surface area contributed by atoms with Gasteiger partial charge in [0, 0.05) is 19.6 Å². The molecule has 6 heteroatoms. The number of rotatable bonds is 7. The van der Waals surface area contributed by atoms with Crippen molar-refractivity contribution in [3.8, 4) is 0 Å². The average Bonchev–Trinajstić information content (AvgIpc) is 2.82. The van der Waals surface area contributed by atoms with E-state index in [0.717, 1.165) is 17.9 Å². The Hall–Kier alpha value is -1.40. The smallest absolute Gasteiger partial charge is 0.345 e. The standard InChI is InChI=1S/C14H22N2O3S/c1-10(2)9-16(8-7-15(3)4)13(17)11-5-6-12(20-11)14(18)19/h5-6,10H,7-9H2,1-4H3,(H,18,19). The van der Waals surface area contributed by atoms with Crippen molar-refractivity contribution >= 4 is 23.2 Å². The van der Waals surface area contributed by atoms with E-state index in [2.05, 4.69) is 13.8 Å². The summed E-state index contributed by atoms with van der Waals surface area (Å²) < 4.78 is 0. The lowest BCUT2D eigenvalue weighted by Gasteiger charge is -2.25. The molecule has 0 spiro atoms. The number of aromatic carboxylic acids is 1. The summed E-state index contributed by atoms with van der Waals surface area (Å²) in [5.74, 6) is -0.698. The van der Waals surface area contributed by atoms with E-state index in [1.54, 1.807) is 11.0 Å². The van der Waals surface area contributed by atoms with Gasteiger partial charge in [-0.15, -0.1) is 11.3 Å². The first kappa shape index (κ1) is 16.7. The zero-order valence-electron chi connectivity index (χ0n) is 12.4. The van der Waals surface area contributed by atoms with E-state index in [1.165, 1.54) is 6.07 Å². The van der Waals surface area contributed by atoms with Gasteiger partial charge < -0.3 is 14.9 Å². The SMILES string of the molecule is CC(C)CN(CCN(C)C)C(=O)c1ccc(C(=O)O)s1. The molecule has 0 saturated heterocycles. The molecule has 0 radical (unpaired) electrons. The summed E-state index contributed by atoms with van der Waals surface area (Å²) in [7, 11) is 3.93. The van der Waals surface area contributed by atoms with E-state index in [0.29, 0.717) is 23.9 Å². The molecular formula is C14H22N2O3S. The maximum absolute atomic E-state index is 12.5. The molecule has 1 aromatic heterocycles. The third-order valence-electron chi connectivity index (χ3n) is 2.72. The normalized spacial score (nSPS) is 11.1. The summed E-state index contributed by atoms with van der Waals surface area (Å²) in [6.07, 6.45) is 0. The van der Waals surface area contributed by atoms with Crippen molar-refractivity contribution in [3.63, 3.8) is 0 Å². The highest BCUT2D eigenvalue weighted by Gasteiger charge is 2.20. The van der Waals surface area contributed by atoms with Gasteiger partial charge in [-0.25, -0.2) is 4.79 Å². The van der Waals surface area contributed by atoms with Gasteiger partial charge in [-0.05, 0) is 32.1 Å². The molecule has 0 aliphatic rings. The van der Waals surface area contributed by atoms with Crippen LogP contribution in [0.3, 0.4) is 0 Å². The van der Waals surface area contributed by atoms with E-state index >= 15 is 0 Å². The first-order chi connectivity index (χ1) is 9.31. The van der Waals surface area contributed by atoms with Gasteiger partial charge in [0.2, 0.25) is 0 Å². The number of thiophene rings is 1. The van der Waals surface area contributed by atoms with Crippen molar-refractivity contribution in [2.24, 2.45) is 5.92 Å². The van der Waals surface area contributed by atoms with Gasteiger partial charge in [0.15, 0.2) is 0 Å². The second-order valence-electron chi connectivity index (χ2n) is 5.42. The minimum absolute atomic E-state index is 0.0851. The van der Waals surface area contributed by atoms with Crippen LogP contribution in [0, 0.1) is 5.92 Å². The third kappa shape index (κ3) is 4.94. The zero-order valence-corrected chi connectivity index (χ0v) is 13.2. The lowest BCUT2D eigenvalue weighted by molar-refractivity contribution is 0.0700. The highest BCUT2D eigenvalue weighted by Crippen LogP contribution is 2.19. The van der Waals surface area contributed by atoms with Gasteiger partial charge in [0.1, 0.15) is 4.88 Å². The van der Waals surface area contributed by atoms with Crippen LogP contribution < -0.4 is 0 Å². The summed E-state index contributed by atoms with van der Waals surface area (Å²) in [6, 6.07) is 3.08. The molecule has 20 heavy (non-hydrogen) atoms. The molecule has 1 amide bonds. The third-order valence-corrected chi connectivity index (χ3v) is 3.78. The van der Waals surface area contributed by atoms with Gasteiger partial charge in [0.05, 0.1) is 4.88 Å². The highest BCUT2D eigenvalue weighted by molar-refractivity contribution is 7.15. The molecule has 1 heterocycles. The molecular weight excluding hydrogens is 276 g/mol. The van der Waals surface area contributed by atoms with Crippen LogP contribution in [0.15, 0.2) is 12.1 Å². The zero-order chi connectivity index (χ0) is 15.3. The molecule has 112 valence electrons. The number of carboxylic acid groups (broad SMARTS) is 1. The Morgan fingerprint density at radius 2 is 1.80 bits per heavy atom. The molecule has 0 saturated carbocycles. The fourth-order valence-electron chi connectivity index (χ4n) is 1.76. The van der Waals surface area contributed by atoms with Crippen molar-refractivity contribution in [3.05, 3.63) is 21.9 Å². The molecule has 1 rings (SSSR count). The van der Waals surface area contributed by atoms with E-state index in [9.17, 15) is 9.59 Å². The Kier molecular flexibility index (Phi) is 6.16. The molecule has 1 aromatic rings. The Labute approximate surface area is 123 Å². The lowest BCUT2D eigenvalue weighted by atomic mass is 10.2. The summed E-state index contributed by atoms with van der Waals surface area (Å²) >= 11 is 1.03. The molecule has 0 bridgehead atoms.